The number of ether oxygens (including phenoxy) is 1. The smallest absolute Gasteiger partial charge is 0.309 e. The van der Waals surface area contributed by atoms with Gasteiger partial charge in [0.1, 0.15) is 0 Å². The molecular formula is C24H46O3. The molecule has 1 saturated carbocycles. The molecule has 3 heteroatoms. The molecule has 0 aromatic rings. The van der Waals surface area contributed by atoms with Crippen molar-refractivity contribution in [2.45, 2.75) is 123 Å². The van der Waals surface area contributed by atoms with E-state index in [1.54, 1.807) is 0 Å². The lowest BCUT2D eigenvalue weighted by molar-refractivity contribution is -0.147. The molecule has 0 saturated heterocycles. The molecule has 0 aliphatic heterocycles. The van der Waals surface area contributed by atoms with Crippen LogP contribution in [0.3, 0.4) is 0 Å². The van der Waals surface area contributed by atoms with Gasteiger partial charge in [0.15, 0.2) is 0 Å². The van der Waals surface area contributed by atoms with Crippen LogP contribution >= 0.6 is 0 Å². The van der Waals surface area contributed by atoms with Crippen molar-refractivity contribution in [1.29, 1.82) is 0 Å². The van der Waals surface area contributed by atoms with Crippen LogP contribution in [0.5, 0.6) is 0 Å². The topological polar surface area (TPSA) is 46.5 Å². The third-order valence-electron chi connectivity index (χ3n) is 6.31. The molecule has 0 aromatic heterocycles. The molecule has 160 valence electrons. The Bertz CT molecular complexity index is 369. The maximum absolute atomic E-state index is 11.4. The standard InChI is InChI=1S/C24H46O3/c1-4-6-7-8-9-12-15-21-19-22(21)16-13-10-11-14-17-23(24(25)26)20(3)27-18-5-2/h20-23H,4-19H2,1-3H3,(H,25,26). The summed E-state index contributed by atoms with van der Waals surface area (Å²) in [6.45, 7) is 6.90. The molecule has 1 fully saturated rings. The number of carboxylic acids is 1. The Morgan fingerprint density at radius 1 is 0.889 bits per heavy atom. The van der Waals surface area contributed by atoms with Crippen LogP contribution in [0.15, 0.2) is 0 Å². The highest BCUT2D eigenvalue weighted by Gasteiger charge is 2.35. The van der Waals surface area contributed by atoms with E-state index in [1.165, 1.54) is 77.0 Å². The number of carboxylic acid groups (broad SMARTS) is 1. The normalized spacial score (nSPS) is 21.1. The second kappa shape index (κ2) is 15.4. The van der Waals surface area contributed by atoms with Crippen LogP contribution in [0.25, 0.3) is 0 Å². The van der Waals surface area contributed by atoms with Gasteiger partial charge in [0.25, 0.3) is 0 Å². The summed E-state index contributed by atoms with van der Waals surface area (Å²) in [6.07, 6.45) is 19.1. The second-order valence-corrected chi connectivity index (χ2v) is 8.82. The largest absolute Gasteiger partial charge is 0.481 e. The maximum atomic E-state index is 11.4. The molecule has 0 radical (unpaired) electrons. The Labute approximate surface area is 168 Å². The Kier molecular flexibility index (Phi) is 13.9. The molecule has 3 nitrogen and oxygen atoms in total. The van der Waals surface area contributed by atoms with Gasteiger partial charge in [-0.15, -0.1) is 0 Å². The molecule has 0 amide bonds. The summed E-state index contributed by atoms with van der Waals surface area (Å²) in [5.41, 5.74) is 0. The molecule has 1 rings (SSSR count). The lowest BCUT2D eigenvalue weighted by Gasteiger charge is -2.20. The fraction of sp³-hybridized carbons (Fsp3) is 0.958. The summed E-state index contributed by atoms with van der Waals surface area (Å²) in [5.74, 6) is 0.995. The van der Waals surface area contributed by atoms with Crippen LogP contribution < -0.4 is 0 Å². The monoisotopic (exact) mass is 382 g/mol. The van der Waals surface area contributed by atoms with E-state index in [9.17, 15) is 9.90 Å². The van der Waals surface area contributed by atoms with Crippen molar-refractivity contribution in [1.82, 2.24) is 0 Å². The van der Waals surface area contributed by atoms with E-state index in [-0.39, 0.29) is 12.0 Å². The van der Waals surface area contributed by atoms with Gasteiger partial charge >= 0.3 is 5.97 Å². The van der Waals surface area contributed by atoms with E-state index in [4.69, 9.17) is 4.74 Å². The van der Waals surface area contributed by atoms with E-state index in [0.717, 1.165) is 31.1 Å². The van der Waals surface area contributed by atoms with Crippen LogP contribution in [0.2, 0.25) is 0 Å². The van der Waals surface area contributed by atoms with Crippen LogP contribution in [-0.4, -0.2) is 23.8 Å². The highest BCUT2D eigenvalue weighted by atomic mass is 16.5. The van der Waals surface area contributed by atoms with E-state index in [1.807, 2.05) is 6.92 Å². The van der Waals surface area contributed by atoms with Gasteiger partial charge in [0.05, 0.1) is 12.0 Å². The van der Waals surface area contributed by atoms with Gasteiger partial charge in [0.2, 0.25) is 0 Å². The summed E-state index contributed by atoms with van der Waals surface area (Å²) >= 11 is 0. The van der Waals surface area contributed by atoms with Crippen molar-refractivity contribution in [3.8, 4) is 0 Å². The predicted molar refractivity (Wildman–Crippen MR) is 114 cm³/mol. The molecule has 0 heterocycles. The molecule has 0 spiro atoms. The molecule has 1 aliphatic rings. The van der Waals surface area contributed by atoms with Gasteiger partial charge in [-0.3, -0.25) is 4.79 Å². The summed E-state index contributed by atoms with van der Waals surface area (Å²) in [5, 5.41) is 9.41. The molecule has 0 bridgehead atoms. The Balaban J connectivity index is 1.96. The minimum Gasteiger partial charge on any atom is -0.481 e. The first-order valence-corrected chi connectivity index (χ1v) is 11.9. The predicted octanol–water partition coefficient (Wildman–Crippen LogP) is 7.23. The SMILES string of the molecule is CCCCCCCCC1CC1CCCCCCC(C(=O)O)C(C)OCCC. The Morgan fingerprint density at radius 3 is 2.00 bits per heavy atom. The highest BCUT2D eigenvalue weighted by molar-refractivity contribution is 5.70. The third-order valence-corrected chi connectivity index (χ3v) is 6.31. The number of unbranched alkanes of at least 4 members (excludes halogenated alkanes) is 8. The summed E-state index contributed by atoms with van der Waals surface area (Å²) in [6, 6.07) is 0. The van der Waals surface area contributed by atoms with Crippen LogP contribution in [0.1, 0.15) is 117 Å². The maximum Gasteiger partial charge on any atom is 0.309 e. The molecule has 1 aliphatic carbocycles. The minimum absolute atomic E-state index is 0.170. The number of hydrogen-bond acceptors (Lipinski definition) is 2. The molecule has 0 aromatic carbocycles. The van der Waals surface area contributed by atoms with Gasteiger partial charge in [-0.1, -0.05) is 90.9 Å². The first-order valence-electron chi connectivity index (χ1n) is 11.9. The Hall–Kier alpha value is -0.570. The summed E-state index contributed by atoms with van der Waals surface area (Å²) in [7, 11) is 0. The fourth-order valence-corrected chi connectivity index (χ4v) is 4.31. The lowest BCUT2D eigenvalue weighted by Crippen LogP contribution is -2.28. The minimum atomic E-state index is -0.700. The van der Waals surface area contributed by atoms with E-state index in [2.05, 4.69) is 13.8 Å². The van der Waals surface area contributed by atoms with E-state index < -0.39 is 5.97 Å². The average Bonchev–Trinajstić information content (AvgIpc) is 3.39. The number of hydrogen-bond donors (Lipinski definition) is 1. The van der Waals surface area contributed by atoms with Crippen LogP contribution in [0, 0.1) is 17.8 Å². The number of aliphatic carboxylic acids is 1. The van der Waals surface area contributed by atoms with Crippen LogP contribution in [0.4, 0.5) is 0 Å². The zero-order valence-corrected chi connectivity index (χ0v) is 18.4. The first-order chi connectivity index (χ1) is 13.1. The van der Waals surface area contributed by atoms with Crippen molar-refractivity contribution in [3.63, 3.8) is 0 Å². The Morgan fingerprint density at radius 2 is 1.44 bits per heavy atom. The van der Waals surface area contributed by atoms with Gasteiger partial charge in [0, 0.05) is 6.61 Å². The lowest BCUT2D eigenvalue weighted by atomic mass is 9.95. The van der Waals surface area contributed by atoms with E-state index >= 15 is 0 Å². The zero-order chi connectivity index (χ0) is 19.9. The van der Waals surface area contributed by atoms with E-state index in [0.29, 0.717) is 6.61 Å². The van der Waals surface area contributed by atoms with Gasteiger partial charge in [-0.2, -0.15) is 0 Å². The van der Waals surface area contributed by atoms with Gasteiger partial charge in [-0.25, -0.2) is 0 Å². The highest BCUT2D eigenvalue weighted by Crippen LogP contribution is 2.45. The zero-order valence-electron chi connectivity index (χ0n) is 18.4. The second-order valence-electron chi connectivity index (χ2n) is 8.82. The fourth-order valence-electron chi connectivity index (χ4n) is 4.31. The van der Waals surface area contributed by atoms with Crippen molar-refractivity contribution >= 4 is 5.97 Å². The molecule has 4 atom stereocenters. The third kappa shape index (κ3) is 11.8. The van der Waals surface area contributed by atoms with Crippen molar-refractivity contribution in [2.24, 2.45) is 17.8 Å². The first kappa shape index (κ1) is 24.5. The van der Waals surface area contributed by atoms with Gasteiger partial charge in [-0.05, 0) is 38.0 Å². The molecule has 27 heavy (non-hydrogen) atoms. The van der Waals surface area contributed by atoms with Crippen molar-refractivity contribution < 1.29 is 14.6 Å². The number of rotatable bonds is 19. The number of carbonyl (C=O) groups is 1. The van der Waals surface area contributed by atoms with Crippen LogP contribution in [-0.2, 0) is 9.53 Å². The van der Waals surface area contributed by atoms with Gasteiger partial charge < -0.3 is 9.84 Å². The van der Waals surface area contributed by atoms with Crippen molar-refractivity contribution in [3.05, 3.63) is 0 Å². The summed E-state index contributed by atoms with van der Waals surface area (Å²) in [4.78, 5) is 11.4. The summed E-state index contributed by atoms with van der Waals surface area (Å²) < 4.78 is 5.62. The quantitative estimate of drug-likeness (QED) is 0.240. The van der Waals surface area contributed by atoms with Crippen molar-refractivity contribution in [2.75, 3.05) is 6.61 Å². The molecular weight excluding hydrogens is 336 g/mol. The molecule has 4 unspecified atom stereocenters. The average molecular weight is 383 g/mol. The molecule has 1 N–H and O–H groups in total.